The van der Waals surface area contributed by atoms with Crippen molar-refractivity contribution in [3.05, 3.63) is 20.8 Å². The highest BCUT2D eigenvalue weighted by atomic mass is 32.2. The molecule has 4 rings (SSSR count). The topological polar surface area (TPSA) is 55.2 Å². The normalized spacial score (nSPS) is 19.1. The van der Waals surface area contributed by atoms with Gasteiger partial charge in [0.1, 0.15) is 4.83 Å². The number of hydrogen-bond acceptors (Lipinski definition) is 5. The Morgan fingerprint density at radius 3 is 2.77 bits per heavy atom. The predicted octanol–water partition coefficient (Wildman–Crippen LogP) is 3.22. The van der Waals surface area contributed by atoms with E-state index >= 15 is 0 Å². The third-order valence-electron chi connectivity index (χ3n) is 5.63. The van der Waals surface area contributed by atoms with Crippen LogP contribution < -0.4 is 5.56 Å². The molecule has 0 saturated carbocycles. The van der Waals surface area contributed by atoms with Crippen molar-refractivity contribution in [2.75, 3.05) is 13.1 Å². The molecule has 2 aliphatic rings. The van der Waals surface area contributed by atoms with Gasteiger partial charge in [-0.3, -0.25) is 14.2 Å². The van der Waals surface area contributed by atoms with Crippen LogP contribution >= 0.6 is 23.1 Å². The van der Waals surface area contributed by atoms with Crippen LogP contribution in [0.25, 0.3) is 10.2 Å². The van der Waals surface area contributed by atoms with Gasteiger partial charge in [-0.05, 0) is 50.5 Å². The monoisotopic (exact) mass is 391 g/mol. The molecular weight excluding hydrogens is 366 g/mol. The summed E-state index contributed by atoms with van der Waals surface area (Å²) in [6.07, 6.45) is 5.33. The van der Waals surface area contributed by atoms with Gasteiger partial charge in [-0.25, -0.2) is 4.98 Å². The molecule has 0 spiro atoms. The molecule has 1 saturated heterocycles. The maximum absolute atomic E-state index is 12.9. The number of aromatic nitrogens is 2. The first-order valence-electron chi connectivity index (χ1n) is 9.42. The van der Waals surface area contributed by atoms with Crippen LogP contribution in [-0.2, 0) is 24.7 Å². The molecule has 1 atom stereocenters. The van der Waals surface area contributed by atoms with E-state index < -0.39 is 0 Å². The number of carbonyl (C=O) groups excluding carboxylic acids is 1. The van der Waals surface area contributed by atoms with Crippen molar-refractivity contribution < 1.29 is 4.79 Å². The fourth-order valence-corrected chi connectivity index (χ4v) is 6.17. The van der Waals surface area contributed by atoms with Gasteiger partial charge < -0.3 is 4.90 Å². The average molecular weight is 392 g/mol. The zero-order valence-corrected chi connectivity index (χ0v) is 17.2. The van der Waals surface area contributed by atoms with Gasteiger partial charge >= 0.3 is 0 Å². The van der Waals surface area contributed by atoms with E-state index in [-0.39, 0.29) is 16.7 Å². The maximum atomic E-state index is 12.9. The van der Waals surface area contributed by atoms with E-state index in [2.05, 4.69) is 6.92 Å². The largest absolute Gasteiger partial charge is 0.342 e. The lowest BCUT2D eigenvalue weighted by Crippen LogP contribution is -2.41. The van der Waals surface area contributed by atoms with Crippen molar-refractivity contribution in [1.82, 2.24) is 14.5 Å². The van der Waals surface area contributed by atoms with Crippen LogP contribution in [0.15, 0.2) is 9.95 Å². The number of amides is 1. The zero-order valence-electron chi connectivity index (χ0n) is 15.6. The Labute approximate surface area is 161 Å². The molecule has 26 heavy (non-hydrogen) atoms. The number of nitrogens with zero attached hydrogens (tertiary/aromatic N) is 3. The number of piperidine rings is 1. The molecule has 1 aliphatic heterocycles. The Morgan fingerprint density at radius 1 is 1.31 bits per heavy atom. The second-order valence-corrected chi connectivity index (χ2v) is 9.96. The number of rotatable bonds is 3. The Hall–Kier alpha value is -1.34. The first-order chi connectivity index (χ1) is 12.5. The lowest BCUT2D eigenvalue weighted by Gasteiger charge is -2.32. The predicted molar refractivity (Wildman–Crippen MR) is 107 cm³/mol. The standard InChI is InChI=1S/C19H25N3O2S2/c1-11-7-9-22(10-8-11)17(23)12(2)25-19-20-16-15(18(24)21(19)3)13-5-4-6-14(13)26-16/h11-12H,4-10H2,1-3H3. The molecule has 0 bridgehead atoms. The van der Waals surface area contributed by atoms with E-state index in [1.54, 1.807) is 23.0 Å². The molecule has 0 N–H and O–H groups in total. The zero-order chi connectivity index (χ0) is 18.4. The van der Waals surface area contributed by atoms with Gasteiger partial charge in [-0.2, -0.15) is 0 Å². The summed E-state index contributed by atoms with van der Waals surface area (Å²) in [5.41, 5.74) is 1.24. The number of carbonyl (C=O) groups is 1. The first-order valence-corrected chi connectivity index (χ1v) is 11.1. The number of hydrogen-bond donors (Lipinski definition) is 0. The smallest absolute Gasteiger partial charge is 0.262 e. The van der Waals surface area contributed by atoms with Crippen LogP contribution in [0.5, 0.6) is 0 Å². The highest BCUT2D eigenvalue weighted by Gasteiger charge is 2.27. The summed E-state index contributed by atoms with van der Waals surface area (Å²) in [5, 5.41) is 1.22. The third-order valence-corrected chi connectivity index (χ3v) is 7.95. The highest BCUT2D eigenvalue weighted by Crippen LogP contribution is 2.36. The Morgan fingerprint density at radius 2 is 2.04 bits per heavy atom. The van der Waals surface area contributed by atoms with E-state index in [0.29, 0.717) is 11.1 Å². The molecule has 1 aliphatic carbocycles. The average Bonchev–Trinajstić information content (AvgIpc) is 3.20. The SMILES string of the molecule is CC1CCN(C(=O)C(C)Sc2nc3sc4c(c3c(=O)n2C)CCC4)CC1. The molecule has 1 amide bonds. The van der Waals surface area contributed by atoms with Gasteiger partial charge in [0.05, 0.1) is 10.6 Å². The molecule has 2 aromatic heterocycles. The number of aryl methyl sites for hydroxylation is 2. The van der Waals surface area contributed by atoms with Gasteiger partial charge in [0, 0.05) is 25.0 Å². The fraction of sp³-hybridized carbons (Fsp3) is 0.632. The Bertz CT molecular complexity index is 910. The molecule has 1 fully saturated rings. The summed E-state index contributed by atoms with van der Waals surface area (Å²) < 4.78 is 1.63. The second-order valence-electron chi connectivity index (χ2n) is 7.56. The van der Waals surface area contributed by atoms with Crippen molar-refractivity contribution in [3.8, 4) is 0 Å². The van der Waals surface area contributed by atoms with Gasteiger partial charge in [-0.15, -0.1) is 11.3 Å². The summed E-state index contributed by atoms with van der Waals surface area (Å²) in [4.78, 5) is 34.5. The van der Waals surface area contributed by atoms with Crippen molar-refractivity contribution in [2.24, 2.45) is 13.0 Å². The maximum Gasteiger partial charge on any atom is 0.262 e. The number of thiophene rings is 1. The van der Waals surface area contributed by atoms with Crippen molar-refractivity contribution in [2.45, 2.75) is 56.4 Å². The third kappa shape index (κ3) is 3.09. The number of fused-ring (bicyclic) bond motifs is 3. The molecule has 7 heteroatoms. The highest BCUT2D eigenvalue weighted by molar-refractivity contribution is 8.00. The van der Waals surface area contributed by atoms with Crippen molar-refractivity contribution >= 4 is 39.2 Å². The van der Waals surface area contributed by atoms with Crippen molar-refractivity contribution in [3.63, 3.8) is 0 Å². The van der Waals surface area contributed by atoms with E-state index in [9.17, 15) is 9.59 Å². The Kier molecular flexibility index (Phi) is 4.86. The summed E-state index contributed by atoms with van der Waals surface area (Å²) >= 11 is 3.06. The molecule has 3 heterocycles. The van der Waals surface area contributed by atoms with Gasteiger partial charge in [0.25, 0.3) is 5.56 Å². The lowest BCUT2D eigenvalue weighted by molar-refractivity contribution is -0.131. The van der Waals surface area contributed by atoms with Crippen LogP contribution in [0.1, 0.15) is 43.6 Å². The summed E-state index contributed by atoms with van der Waals surface area (Å²) in [6, 6.07) is 0. The number of thioether (sulfide) groups is 1. The minimum Gasteiger partial charge on any atom is -0.342 e. The molecule has 140 valence electrons. The van der Waals surface area contributed by atoms with Crippen LogP contribution in [0.4, 0.5) is 0 Å². The second kappa shape index (κ2) is 7.00. The minimum absolute atomic E-state index is 0.0309. The van der Waals surface area contributed by atoms with E-state index in [4.69, 9.17) is 4.98 Å². The van der Waals surface area contributed by atoms with Gasteiger partial charge in [0.2, 0.25) is 5.91 Å². The summed E-state index contributed by atoms with van der Waals surface area (Å²) in [7, 11) is 1.77. The Balaban J connectivity index is 1.58. The van der Waals surface area contributed by atoms with Crippen LogP contribution in [0, 0.1) is 5.92 Å². The van der Waals surface area contributed by atoms with Gasteiger partial charge in [0.15, 0.2) is 5.16 Å². The van der Waals surface area contributed by atoms with Crippen LogP contribution in [0.3, 0.4) is 0 Å². The quantitative estimate of drug-likeness (QED) is 0.595. The molecule has 0 radical (unpaired) electrons. The van der Waals surface area contributed by atoms with E-state index in [0.717, 1.165) is 55.4 Å². The summed E-state index contributed by atoms with van der Waals surface area (Å²) in [6.45, 7) is 5.85. The van der Waals surface area contributed by atoms with Crippen LogP contribution in [-0.4, -0.2) is 38.7 Å². The molecule has 2 aromatic rings. The molecule has 1 unspecified atom stereocenters. The van der Waals surface area contributed by atoms with Crippen molar-refractivity contribution in [1.29, 1.82) is 0 Å². The lowest BCUT2D eigenvalue weighted by atomic mass is 9.99. The van der Waals surface area contributed by atoms with E-state index in [1.165, 1.54) is 22.2 Å². The minimum atomic E-state index is -0.231. The number of likely N-dealkylation sites (tertiary alicyclic amines) is 1. The molecule has 0 aromatic carbocycles. The molecule has 5 nitrogen and oxygen atoms in total. The fourth-order valence-electron chi connectivity index (χ4n) is 3.91. The van der Waals surface area contributed by atoms with Gasteiger partial charge in [-0.1, -0.05) is 18.7 Å². The van der Waals surface area contributed by atoms with E-state index in [1.807, 2.05) is 11.8 Å². The summed E-state index contributed by atoms with van der Waals surface area (Å²) in [5.74, 6) is 0.859. The van der Waals surface area contributed by atoms with Crippen LogP contribution in [0.2, 0.25) is 0 Å². The molecular formula is C19H25N3O2S2. The first kappa shape index (κ1) is 18.0.